The Balaban J connectivity index is 1.33. The molecule has 174 valence electrons. The number of carbonyl (C=O) groups is 1. The molecule has 0 bridgehead atoms. The number of rotatable bonds is 7. The molecular formula is C28H26N6O. The summed E-state index contributed by atoms with van der Waals surface area (Å²) < 4.78 is 1.80. The minimum absolute atomic E-state index is 0.0205. The van der Waals surface area contributed by atoms with Crippen LogP contribution >= 0.6 is 0 Å². The second kappa shape index (κ2) is 9.77. The molecule has 0 aliphatic carbocycles. The molecule has 7 heteroatoms. The summed E-state index contributed by atoms with van der Waals surface area (Å²) >= 11 is 0. The second-order valence-electron chi connectivity index (χ2n) is 8.45. The Bertz CT molecular complexity index is 1450. The molecule has 0 aliphatic heterocycles. The van der Waals surface area contributed by atoms with Gasteiger partial charge in [0.15, 0.2) is 5.65 Å². The number of anilines is 2. The third kappa shape index (κ3) is 5.04. The Kier molecular flexibility index (Phi) is 6.22. The number of fused-ring (bicyclic) bond motifs is 1. The van der Waals surface area contributed by atoms with Gasteiger partial charge in [-0.2, -0.15) is 9.61 Å². The van der Waals surface area contributed by atoms with Crippen molar-refractivity contribution in [2.24, 2.45) is 0 Å². The van der Waals surface area contributed by atoms with E-state index in [1.165, 1.54) is 0 Å². The van der Waals surface area contributed by atoms with Gasteiger partial charge < -0.3 is 10.2 Å². The molecule has 35 heavy (non-hydrogen) atoms. The molecule has 0 radical (unpaired) electrons. The first kappa shape index (κ1) is 22.3. The fourth-order valence-electron chi connectivity index (χ4n) is 3.93. The maximum absolute atomic E-state index is 12.9. The van der Waals surface area contributed by atoms with Crippen LogP contribution in [-0.2, 0) is 6.42 Å². The number of pyridine rings is 1. The zero-order valence-electron chi connectivity index (χ0n) is 19.7. The number of aryl methyl sites for hydroxylation is 1. The predicted octanol–water partition coefficient (Wildman–Crippen LogP) is 5.16. The number of nitrogens with one attached hydrogen (secondary N) is 1. The smallest absolute Gasteiger partial charge is 0.253 e. The molecule has 5 aromatic rings. The molecule has 0 aliphatic rings. The summed E-state index contributed by atoms with van der Waals surface area (Å²) in [7, 11) is 1.82. The van der Waals surface area contributed by atoms with Gasteiger partial charge >= 0.3 is 0 Å². The van der Waals surface area contributed by atoms with Gasteiger partial charge in [0.1, 0.15) is 5.82 Å². The van der Waals surface area contributed by atoms with E-state index in [1.807, 2.05) is 98.9 Å². The zero-order chi connectivity index (χ0) is 24.2. The molecule has 7 nitrogen and oxygen atoms in total. The Morgan fingerprint density at radius 1 is 0.971 bits per heavy atom. The van der Waals surface area contributed by atoms with E-state index in [4.69, 9.17) is 4.98 Å². The monoisotopic (exact) mass is 462 g/mol. The number of nitrogens with zero attached hydrogens (tertiary/aromatic N) is 5. The summed E-state index contributed by atoms with van der Waals surface area (Å²) in [4.78, 5) is 23.7. The van der Waals surface area contributed by atoms with E-state index in [2.05, 4.69) is 15.4 Å². The van der Waals surface area contributed by atoms with Gasteiger partial charge in [0.2, 0.25) is 0 Å². The standard InChI is InChI=1S/C28H26N6O/c1-20-18-26-31-25(21-8-4-3-5-9-21)19-27(34(26)32-20)30-24-13-11-22(12-14-24)28(35)33(2)17-15-23-10-6-7-16-29-23/h3-14,16,18-19,30H,15,17H2,1-2H3. The highest BCUT2D eigenvalue weighted by Gasteiger charge is 2.13. The van der Waals surface area contributed by atoms with Crippen LogP contribution in [0.2, 0.25) is 0 Å². The van der Waals surface area contributed by atoms with Crippen LogP contribution in [0, 0.1) is 6.92 Å². The molecule has 0 fully saturated rings. The van der Waals surface area contributed by atoms with E-state index in [0.717, 1.165) is 39.8 Å². The molecule has 0 saturated carbocycles. The van der Waals surface area contributed by atoms with Crippen molar-refractivity contribution >= 4 is 23.1 Å². The lowest BCUT2D eigenvalue weighted by Gasteiger charge is -2.17. The van der Waals surface area contributed by atoms with Crippen LogP contribution in [-0.4, -0.2) is 44.0 Å². The van der Waals surface area contributed by atoms with Crippen molar-refractivity contribution in [3.05, 3.63) is 108 Å². The molecule has 0 atom stereocenters. The van der Waals surface area contributed by atoms with Crippen molar-refractivity contribution in [3.8, 4) is 11.3 Å². The number of hydrogen-bond acceptors (Lipinski definition) is 5. The number of carbonyl (C=O) groups excluding carboxylic acids is 1. The number of likely N-dealkylation sites (N-methyl/N-ethyl adjacent to an activating group) is 1. The summed E-state index contributed by atoms with van der Waals surface area (Å²) in [5, 5.41) is 8.02. The lowest BCUT2D eigenvalue weighted by Crippen LogP contribution is -2.28. The third-order valence-electron chi connectivity index (χ3n) is 5.80. The molecular weight excluding hydrogens is 436 g/mol. The van der Waals surface area contributed by atoms with E-state index in [-0.39, 0.29) is 5.91 Å². The van der Waals surface area contributed by atoms with E-state index in [0.29, 0.717) is 18.5 Å². The molecule has 1 N–H and O–H groups in total. The van der Waals surface area contributed by atoms with Gasteiger partial charge in [-0.1, -0.05) is 36.4 Å². The molecule has 1 amide bonds. The SMILES string of the molecule is Cc1cc2nc(-c3ccccc3)cc(Nc3ccc(C(=O)N(C)CCc4ccccn4)cc3)n2n1. The average Bonchev–Trinajstić information content (AvgIpc) is 3.29. The van der Waals surface area contributed by atoms with E-state index in [1.54, 1.807) is 15.6 Å². The first-order chi connectivity index (χ1) is 17.1. The highest BCUT2D eigenvalue weighted by Crippen LogP contribution is 2.25. The van der Waals surface area contributed by atoms with Gasteiger partial charge in [0.25, 0.3) is 5.91 Å². The summed E-state index contributed by atoms with van der Waals surface area (Å²) in [6.07, 6.45) is 2.49. The Hall–Kier alpha value is -4.52. The van der Waals surface area contributed by atoms with Gasteiger partial charge in [-0.3, -0.25) is 9.78 Å². The maximum atomic E-state index is 12.9. The fourth-order valence-corrected chi connectivity index (χ4v) is 3.93. The number of benzene rings is 2. The van der Waals surface area contributed by atoms with Gasteiger partial charge in [-0.05, 0) is 43.3 Å². The minimum atomic E-state index is -0.0205. The fraction of sp³-hybridized carbons (Fsp3) is 0.143. The molecule has 0 saturated heterocycles. The van der Waals surface area contributed by atoms with E-state index < -0.39 is 0 Å². The van der Waals surface area contributed by atoms with Crippen LogP contribution in [0.1, 0.15) is 21.7 Å². The quantitative estimate of drug-likeness (QED) is 0.362. The van der Waals surface area contributed by atoms with Crippen molar-refractivity contribution in [2.45, 2.75) is 13.3 Å². The summed E-state index contributed by atoms with van der Waals surface area (Å²) in [6.45, 7) is 2.55. The summed E-state index contributed by atoms with van der Waals surface area (Å²) in [6, 6.07) is 27.3. The lowest BCUT2D eigenvalue weighted by molar-refractivity contribution is 0.0796. The van der Waals surface area contributed by atoms with Crippen LogP contribution in [0.25, 0.3) is 16.9 Å². The van der Waals surface area contributed by atoms with Crippen molar-refractivity contribution in [1.82, 2.24) is 24.5 Å². The van der Waals surface area contributed by atoms with Gasteiger partial charge in [0, 0.05) is 60.9 Å². The van der Waals surface area contributed by atoms with Crippen molar-refractivity contribution in [2.75, 3.05) is 18.9 Å². The average molecular weight is 463 g/mol. The van der Waals surface area contributed by atoms with E-state index in [9.17, 15) is 4.79 Å². The maximum Gasteiger partial charge on any atom is 0.253 e. The number of hydrogen-bond donors (Lipinski definition) is 1. The third-order valence-corrected chi connectivity index (χ3v) is 5.80. The van der Waals surface area contributed by atoms with Crippen molar-refractivity contribution in [3.63, 3.8) is 0 Å². The highest BCUT2D eigenvalue weighted by atomic mass is 16.2. The number of amides is 1. The van der Waals surface area contributed by atoms with Gasteiger partial charge in [0.05, 0.1) is 11.4 Å². The molecule has 2 aromatic carbocycles. The van der Waals surface area contributed by atoms with Crippen LogP contribution in [0.15, 0.2) is 91.1 Å². The van der Waals surface area contributed by atoms with Crippen LogP contribution < -0.4 is 5.32 Å². The van der Waals surface area contributed by atoms with Gasteiger partial charge in [-0.15, -0.1) is 0 Å². The Labute approximate surface area is 204 Å². The molecule has 0 spiro atoms. The largest absolute Gasteiger partial charge is 0.341 e. The summed E-state index contributed by atoms with van der Waals surface area (Å²) in [5.41, 5.74) is 6.02. The topological polar surface area (TPSA) is 75.4 Å². The van der Waals surface area contributed by atoms with Crippen molar-refractivity contribution in [1.29, 1.82) is 0 Å². The number of aromatic nitrogens is 4. The Morgan fingerprint density at radius 2 is 1.74 bits per heavy atom. The first-order valence-corrected chi connectivity index (χ1v) is 11.5. The van der Waals surface area contributed by atoms with Crippen LogP contribution in [0.3, 0.4) is 0 Å². The van der Waals surface area contributed by atoms with Gasteiger partial charge in [-0.25, -0.2) is 4.98 Å². The summed E-state index contributed by atoms with van der Waals surface area (Å²) in [5.74, 6) is 0.779. The normalized spacial score (nSPS) is 10.9. The van der Waals surface area contributed by atoms with Crippen LogP contribution in [0.5, 0.6) is 0 Å². The van der Waals surface area contributed by atoms with E-state index >= 15 is 0 Å². The molecule has 5 rings (SSSR count). The van der Waals surface area contributed by atoms with Crippen molar-refractivity contribution < 1.29 is 4.79 Å². The molecule has 3 aromatic heterocycles. The highest BCUT2D eigenvalue weighted by molar-refractivity contribution is 5.94. The predicted molar refractivity (Wildman–Crippen MR) is 138 cm³/mol. The van der Waals surface area contributed by atoms with Crippen LogP contribution in [0.4, 0.5) is 11.5 Å². The minimum Gasteiger partial charge on any atom is -0.341 e. The molecule has 3 heterocycles. The Morgan fingerprint density at radius 3 is 2.49 bits per heavy atom. The second-order valence-corrected chi connectivity index (χ2v) is 8.45. The zero-order valence-corrected chi connectivity index (χ0v) is 19.7. The lowest BCUT2D eigenvalue weighted by atomic mass is 10.1. The molecule has 0 unspecified atom stereocenters. The first-order valence-electron chi connectivity index (χ1n) is 11.5.